The van der Waals surface area contributed by atoms with Gasteiger partial charge in [-0.2, -0.15) is 24.6 Å². The van der Waals surface area contributed by atoms with Crippen molar-refractivity contribution < 1.29 is 66.4 Å². The molecule has 1 N–H and O–H groups in total. The van der Waals surface area contributed by atoms with Crippen LogP contribution in [0, 0.1) is 20.9 Å². The van der Waals surface area contributed by atoms with Gasteiger partial charge in [0.15, 0.2) is 0 Å². The Bertz CT molecular complexity index is 612. The van der Waals surface area contributed by atoms with Crippen molar-refractivity contribution in [3.05, 3.63) is 62.4 Å². The third-order valence-corrected chi connectivity index (χ3v) is 2.68. The third kappa shape index (κ3) is 20.8. The maximum Gasteiger partial charge on any atom is 1.00 e. The van der Waals surface area contributed by atoms with Crippen LogP contribution < -0.4 is 43.0 Å². The number of alkyl carbamates (subject to hydrolysis) is 1. The maximum atomic E-state index is 11.8. The van der Waals surface area contributed by atoms with E-state index in [4.69, 9.17) is 19.1 Å². The molecule has 0 bridgehead atoms. The predicted molar refractivity (Wildman–Crippen MR) is 108 cm³/mol. The summed E-state index contributed by atoms with van der Waals surface area (Å²) in [6.45, 7) is 16.8. The van der Waals surface area contributed by atoms with Gasteiger partial charge in [0.05, 0.1) is 7.11 Å². The molecule has 0 heterocycles. The first-order valence-electron chi connectivity index (χ1n) is 7.75. The third-order valence-electron chi connectivity index (χ3n) is 2.68. The summed E-state index contributed by atoms with van der Waals surface area (Å²) in [5, 5.41) is 2.54. The smallest absolute Gasteiger partial charge is 0.547 e. The van der Waals surface area contributed by atoms with Crippen LogP contribution in [0.1, 0.15) is 31.9 Å². The Hall–Kier alpha value is -1.90. The number of hydrogen-bond donors (Lipinski definition) is 1. The van der Waals surface area contributed by atoms with E-state index in [0.717, 1.165) is 17.2 Å². The van der Waals surface area contributed by atoms with Crippen LogP contribution in [0.5, 0.6) is 0 Å². The van der Waals surface area contributed by atoms with Gasteiger partial charge >= 0.3 is 49.8 Å². The van der Waals surface area contributed by atoms with E-state index in [1.54, 1.807) is 20.8 Å². The Balaban J connectivity index is -0.000000207. The standard InChI is InChI=1S/C16H22NO4.C3H2O.CHO.CH3.2Li/c1-11-7-6-8-12(9-11)10-13(14(18)20-5)17-15(19)21-16(2,3)4;1-2-3-4;1-2;;;/h6-9,13H,1,10H2,2-5H3,(H,17,19);1-2H;1H;1H3;;/q-1;-2;2*-1;2*+1/t13-;;;;;/m0...../s1. The van der Waals surface area contributed by atoms with Crippen LogP contribution in [0.25, 0.3) is 0 Å². The van der Waals surface area contributed by atoms with Crippen molar-refractivity contribution >= 4 is 25.1 Å². The van der Waals surface area contributed by atoms with Crippen molar-refractivity contribution in [3.8, 4) is 0 Å². The molecule has 0 aliphatic rings. The number of carbonyl (C=O) groups is 2. The number of hydrogen-bond acceptors (Lipinski definition) is 6. The average molecular weight is 404 g/mol. The Kier molecular flexibility index (Phi) is 28.1. The van der Waals surface area contributed by atoms with Crippen LogP contribution in [0.3, 0.4) is 0 Å². The SMILES string of the molecule is [CH-]=C[C-]=O.[CH-]=O.[CH2-]c1cccc(C[C@H](NC(=O)OC(C)(C)C)C(=O)OC)c1.[CH3-].[Li+].[Li+]. The Morgan fingerprint density at radius 2 is 1.77 bits per heavy atom. The molecule has 0 radical (unpaired) electrons. The minimum absolute atomic E-state index is 0. The molecule has 0 saturated heterocycles. The minimum Gasteiger partial charge on any atom is -0.547 e. The largest absolute Gasteiger partial charge is 1.00 e. The second-order valence-electron chi connectivity index (χ2n) is 6.03. The van der Waals surface area contributed by atoms with E-state index in [2.05, 4.69) is 25.6 Å². The van der Waals surface area contributed by atoms with E-state index in [9.17, 15) is 9.59 Å². The number of esters is 1. The van der Waals surface area contributed by atoms with Crippen molar-refractivity contribution in [2.75, 3.05) is 7.11 Å². The van der Waals surface area contributed by atoms with Gasteiger partial charge in [0, 0.05) is 0 Å². The molecule has 1 aromatic carbocycles. The second kappa shape index (κ2) is 21.8. The summed E-state index contributed by atoms with van der Waals surface area (Å²) < 4.78 is 9.88. The molecule has 30 heavy (non-hydrogen) atoms. The van der Waals surface area contributed by atoms with Gasteiger partial charge in [0.2, 0.25) is 0 Å². The molecule has 1 rings (SSSR count). The minimum atomic E-state index is -0.799. The first-order chi connectivity index (χ1) is 12.6. The van der Waals surface area contributed by atoms with Gasteiger partial charge in [0.1, 0.15) is 11.6 Å². The molecule has 158 valence electrons. The van der Waals surface area contributed by atoms with Crippen molar-refractivity contribution in [1.29, 1.82) is 0 Å². The number of amides is 1. The van der Waals surface area contributed by atoms with Crippen molar-refractivity contribution in [2.45, 2.75) is 38.8 Å². The molecule has 1 aromatic rings. The van der Waals surface area contributed by atoms with E-state index in [0.29, 0.717) is 6.42 Å². The topological polar surface area (TPSA) is 98.8 Å². The molecular formula is C21H28Li2NO6-3. The summed E-state index contributed by atoms with van der Waals surface area (Å²) in [5.41, 5.74) is 1.10. The molecule has 1 atom stereocenters. The van der Waals surface area contributed by atoms with Crippen LogP contribution >= 0.6 is 0 Å². The summed E-state index contributed by atoms with van der Waals surface area (Å²) >= 11 is 0. The number of benzene rings is 1. The Morgan fingerprint density at radius 3 is 2.13 bits per heavy atom. The number of carbonyl (C=O) groups excluding carboxylic acids is 4. The van der Waals surface area contributed by atoms with Gasteiger partial charge in [-0.1, -0.05) is 6.07 Å². The molecule has 1 amide bonds. The van der Waals surface area contributed by atoms with Gasteiger partial charge in [-0.25, -0.2) is 9.59 Å². The summed E-state index contributed by atoms with van der Waals surface area (Å²) in [5.74, 6) is -0.518. The fraction of sp³-hybridized carbons (Fsp3) is 0.333. The summed E-state index contributed by atoms with van der Waals surface area (Å²) in [6, 6.07) is 6.62. The maximum absolute atomic E-state index is 11.8. The molecule has 0 saturated carbocycles. The van der Waals surface area contributed by atoms with E-state index in [1.165, 1.54) is 13.4 Å². The van der Waals surface area contributed by atoms with Crippen LogP contribution in [0.4, 0.5) is 4.79 Å². The number of nitrogens with one attached hydrogen (secondary N) is 1. The fourth-order valence-electron chi connectivity index (χ4n) is 1.78. The second-order valence-corrected chi connectivity index (χ2v) is 6.03. The molecular weight excluding hydrogens is 376 g/mol. The number of rotatable bonds is 5. The summed E-state index contributed by atoms with van der Waals surface area (Å²) in [4.78, 5) is 40.2. The quantitative estimate of drug-likeness (QED) is 0.182. The van der Waals surface area contributed by atoms with Gasteiger partial charge in [-0.3, -0.25) is 13.1 Å². The van der Waals surface area contributed by atoms with Gasteiger partial charge < -0.3 is 44.5 Å². The van der Waals surface area contributed by atoms with Crippen LogP contribution in [0.15, 0.2) is 30.3 Å². The number of allylic oxidation sites excluding steroid dienone is 1. The van der Waals surface area contributed by atoms with Gasteiger partial charge in [-0.15, -0.1) is 11.6 Å². The van der Waals surface area contributed by atoms with Crippen LogP contribution in [0.2, 0.25) is 0 Å². The first-order valence-corrected chi connectivity index (χ1v) is 7.75. The molecule has 0 fully saturated rings. The molecule has 0 unspecified atom stereocenters. The van der Waals surface area contributed by atoms with Crippen molar-refractivity contribution in [2.24, 2.45) is 0 Å². The van der Waals surface area contributed by atoms with Crippen LogP contribution in [-0.4, -0.2) is 43.9 Å². The Labute approximate surface area is 204 Å². The van der Waals surface area contributed by atoms with E-state index >= 15 is 0 Å². The van der Waals surface area contributed by atoms with Crippen molar-refractivity contribution in [1.82, 2.24) is 5.32 Å². The van der Waals surface area contributed by atoms with E-state index in [-0.39, 0.29) is 45.1 Å². The van der Waals surface area contributed by atoms with Gasteiger partial charge in [-0.05, 0) is 27.2 Å². The molecule has 9 heteroatoms. The number of ether oxygens (including phenoxy) is 2. The predicted octanol–water partition coefficient (Wildman–Crippen LogP) is -3.25. The molecule has 0 aliphatic heterocycles. The normalized spacial score (nSPS) is 9.47. The zero-order chi connectivity index (χ0) is 21.5. The monoisotopic (exact) mass is 404 g/mol. The van der Waals surface area contributed by atoms with Crippen LogP contribution in [-0.2, 0) is 30.3 Å². The van der Waals surface area contributed by atoms with E-state index < -0.39 is 23.7 Å². The summed E-state index contributed by atoms with van der Waals surface area (Å²) in [6.07, 6.45) is 1.82. The zero-order valence-electron chi connectivity index (χ0n) is 19.0. The Morgan fingerprint density at radius 1 is 1.27 bits per heavy atom. The average Bonchev–Trinajstić information content (AvgIpc) is 2.61. The molecule has 0 aromatic heterocycles. The first kappa shape index (κ1) is 38.7. The molecule has 7 nitrogen and oxygen atoms in total. The molecule has 0 spiro atoms. The zero-order valence-corrected chi connectivity index (χ0v) is 19.0. The summed E-state index contributed by atoms with van der Waals surface area (Å²) in [7, 11) is 1.28. The number of methoxy groups -OCH3 is 1. The van der Waals surface area contributed by atoms with Gasteiger partial charge in [0.25, 0.3) is 0 Å². The van der Waals surface area contributed by atoms with E-state index in [1.807, 2.05) is 24.3 Å². The van der Waals surface area contributed by atoms with Crippen molar-refractivity contribution in [3.63, 3.8) is 0 Å². The fourth-order valence-corrected chi connectivity index (χ4v) is 1.78. The molecule has 0 aliphatic carbocycles.